The molecule has 128 valence electrons. The molecule has 6 nitrogen and oxygen atoms in total. The van der Waals surface area contributed by atoms with Crippen molar-refractivity contribution in [3.63, 3.8) is 0 Å². The molecule has 0 radical (unpaired) electrons. The number of nitrogens with zero attached hydrogens (tertiary/aromatic N) is 4. The Morgan fingerprint density at radius 1 is 1.46 bits per heavy atom. The molecular formula is C16H20FN5OS. The lowest BCUT2D eigenvalue weighted by Crippen LogP contribution is -2.57. The highest BCUT2D eigenvalue weighted by Crippen LogP contribution is 2.18. The molecule has 2 heterocycles. The van der Waals surface area contributed by atoms with E-state index in [-0.39, 0.29) is 17.8 Å². The standard InChI is InChI=1S/C16H20FN5OS/c1-11-15(24-20-19-11)10-21(2)16(23)14-9-22(8-7-18-14)13-5-3-12(17)4-6-13/h3-6,14,18H,7-10H2,1-2H3/t14-/m0/s1. The second-order valence-electron chi connectivity index (χ2n) is 5.90. The lowest BCUT2D eigenvalue weighted by molar-refractivity contribution is -0.132. The van der Waals surface area contributed by atoms with E-state index in [1.54, 1.807) is 24.1 Å². The smallest absolute Gasteiger partial charge is 0.241 e. The number of aromatic nitrogens is 2. The van der Waals surface area contributed by atoms with Crippen LogP contribution in [0.1, 0.15) is 10.6 Å². The van der Waals surface area contributed by atoms with Crippen LogP contribution in [-0.2, 0) is 11.3 Å². The third-order valence-corrected chi connectivity index (χ3v) is 4.98. The summed E-state index contributed by atoms with van der Waals surface area (Å²) in [6, 6.07) is 6.10. The van der Waals surface area contributed by atoms with E-state index < -0.39 is 0 Å². The number of nitrogens with one attached hydrogen (secondary N) is 1. The predicted octanol–water partition coefficient (Wildman–Crippen LogP) is 1.42. The summed E-state index contributed by atoms with van der Waals surface area (Å²) >= 11 is 1.32. The van der Waals surface area contributed by atoms with E-state index in [9.17, 15) is 9.18 Å². The quantitative estimate of drug-likeness (QED) is 0.905. The number of likely N-dealkylation sites (N-methyl/N-ethyl adjacent to an activating group) is 1. The maximum absolute atomic E-state index is 13.1. The third-order valence-electron chi connectivity index (χ3n) is 4.17. The van der Waals surface area contributed by atoms with Crippen LogP contribution in [0.15, 0.2) is 24.3 Å². The van der Waals surface area contributed by atoms with Gasteiger partial charge in [0.05, 0.1) is 17.1 Å². The molecular weight excluding hydrogens is 329 g/mol. The molecule has 24 heavy (non-hydrogen) atoms. The van der Waals surface area contributed by atoms with Crippen LogP contribution in [0.2, 0.25) is 0 Å². The molecule has 1 aliphatic heterocycles. The molecule has 1 amide bonds. The summed E-state index contributed by atoms with van der Waals surface area (Å²) in [6.45, 7) is 4.47. The molecule has 1 N–H and O–H groups in total. The number of rotatable bonds is 4. The van der Waals surface area contributed by atoms with E-state index in [0.29, 0.717) is 19.6 Å². The summed E-state index contributed by atoms with van der Waals surface area (Å²) in [5.74, 6) is -0.218. The maximum Gasteiger partial charge on any atom is 0.241 e. The SMILES string of the molecule is Cc1nnsc1CN(C)C(=O)[C@@H]1CN(c2ccc(F)cc2)CCN1. The minimum Gasteiger partial charge on any atom is -0.368 e. The zero-order valence-corrected chi connectivity index (χ0v) is 14.5. The third kappa shape index (κ3) is 3.70. The fourth-order valence-corrected chi connectivity index (χ4v) is 3.44. The molecule has 0 unspecified atom stereocenters. The molecule has 1 fully saturated rings. The van der Waals surface area contributed by atoms with E-state index in [4.69, 9.17) is 0 Å². The van der Waals surface area contributed by atoms with Gasteiger partial charge in [-0.1, -0.05) is 4.49 Å². The second-order valence-corrected chi connectivity index (χ2v) is 6.74. The van der Waals surface area contributed by atoms with Gasteiger partial charge in [-0.05, 0) is 42.7 Å². The first-order chi connectivity index (χ1) is 11.5. The molecule has 1 saturated heterocycles. The van der Waals surface area contributed by atoms with Crippen molar-refractivity contribution in [2.45, 2.75) is 19.5 Å². The topological polar surface area (TPSA) is 61.4 Å². The lowest BCUT2D eigenvalue weighted by atomic mass is 10.1. The zero-order valence-electron chi connectivity index (χ0n) is 13.7. The summed E-state index contributed by atoms with van der Waals surface area (Å²) in [6.07, 6.45) is 0. The van der Waals surface area contributed by atoms with E-state index in [0.717, 1.165) is 22.8 Å². The van der Waals surface area contributed by atoms with Gasteiger partial charge in [0.15, 0.2) is 0 Å². The first-order valence-electron chi connectivity index (χ1n) is 7.81. The van der Waals surface area contributed by atoms with Crippen LogP contribution in [0.4, 0.5) is 10.1 Å². The summed E-state index contributed by atoms with van der Waals surface area (Å²) < 4.78 is 17.0. The number of amides is 1. The minimum atomic E-state index is -0.282. The Hall–Kier alpha value is -2.06. The normalized spacial score (nSPS) is 17.8. The number of anilines is 1. The monoisotopic (exact) mass is 349 g/mol. The predicted molar refractivity (Wildman–Crippen MR) is 91.5 cm³/mol. The van der Waals surface area contributed by atoms with Crippen molar-refractivity contribution in [3.05, 3.63) is 40.7 Å². The lowest BCUT2D eigenvalue weighted by Gasteiger charge is -2.36. The average molecular weight is 349 g/mol. The molecule has 2 aromatic rings. The van der Waals surface area contributed by atoms with Crippen molar-refractivity contribution in [3.8, 4) is 0 Å². The van der Waals surface area contributed by atoms with Crippen LogP contribution in [0.3, 0.4) is 0 Å². The average Bonchev–Trinajstić information content (AvgIpc) is 3.00. The summed E-state index contributed by atoms with van der Waals surface area (Å²) in [5, 5.41) is 7.25. The molecule has 1 aromatic carbocycles. The Labute approximate surface area is 144 Å². The van der Waals surface area contributed by atoms with Gasteiger partial charge < -0.3 is 15.1 Å². The summed E-state index contributed by atoms with van der Waals surface area (Å²) in [7, 11) is 1.79. The molecule has 1 aromatic heterocycles. The fourth-order valence-electron chi connectivity index (χ4n) is 2.76. The fraction of sp³-hybridized carbons (Fsp3) is 0.438. The van der Waals surface area contributed by atoms with Gasteiger partial charge in [-0.25, -0.2) is 4.39 Å². The van der Waals surface area contributed by atoms with Crippen molar-refractivity contribution in [1.29, 1.82) is 0 Å². The van der Waals surface area contributed by atoms with Crippen LogP contribution in [0.5, 0.6) is 0 Å². The number of carbonyl (C=O) groups excluding carboxylic acids is 1. The number of hydrogen-bond acceptors (Lipinski definition) is 6. The van der Waals surface area contributed by atoms with Gasteiger partial charge in [0.25, 0.3) is 0 Å². The molecule has 8 heteroatoms. The first-order valence-corrected chi connectivity index (χ1v) is 8.58. The molecule has 3 rings (SSSR count). The van der Waals surface area contributed by atoms with E-state index >= 15 is 0 Å². The van der Waals surface area contributed by atoms with Crippen LogP contribution >= 0.6 is 11.5 Å². The number of aryl methyl sites for hydroxylation is 1. The van der Waals surface area contributed by atoms with Gasteiger partial charge >= 0.3 is 0 Å². The Morgan fingerprint density at radius 3 is 2.88 bits per heavy atom. The minimum absolute atomic E-state index is 0.0367. The maximum atomic E-state index is 13.1. The Kier molecular flexibility index (Phi) is 5.06. The number of carbonyl (C=O) groups is 1. The van der Waals surface area contributed by atoms with Crippen molar-refractivity contribution in [2.75, 3.05) is 31.6 Å². The molecule has 1 atom stereocenters. The number of piperazine rings is 1. The van der Waals surface area contributed by atoms with Crippen LogP contribution in [0, 0.1) is 12.7 Å². The van der Waals surface area contributed by atoms with Crippen molar-refractivity contribution in [1.82, 2.24) is 19.8 Å². The molecule has 1 aliphatic rings. The first kappa shape index (κ1) is 16.8. The molecule has 0 bridgehead atoms. The number of hydrogen-bond donors (Lipinski definition) is 1. The highest BCUT2D eigenvalue weighted by molar-refractivity contribution is 7.05. The Morgan fingerprint density at radius 2 is 2.21 bits per heavy atom. The summed E-state index contributed by atoms with van der Waals surface area (Å²) in [4.78, 5) is 17.5. The van der Waals surface area contributed by atoms with E-state index in [1.807, 2.05) is 6.92 Å². The summed E-state index contributed by atoms with van der Waals surface area (Å²) in [5.41, 5.74) is 1.80. The Bertz CT molecular complexity index is 705. The zero-order chi connectivity index (χ0) is 17.1. The second kappa shape index (κ2) is 7.23. The van der Waals surface area contributed by atoms with Crippen molar-refractivity contribution < 1.29 is 9.18 Å². The Balaban J connectivity index is 1.64. The number of halogens is 1. The van der Waals surface area contributed by atoms with Crippen molar-refractivity contribution >= 4 is 23.1 Å². The molecule has 0 spiro atoms. The van der Waals surface area contributed by atoms with Crippen LogP contribution < -0.4 is 10.2 Å². The van der Waals surface area contributed by atoms with Gasteiger partial charge in [-0.2, -0.15) is 0 Å². The van der Waals surface area contributed by atoms with Crippen LogP contribution in [-0.4, -0.2) is 53.1 Å². The van der Waals surface area contributed by atoms with Gasteiger partial charge in [0.1, 0.15) is 11.9 Å². The van der Waals surface area contributed by atoms with E-state index in [2.05, 4.69) is 19.8 Å². The highest BCUT2D eigenvalue weighted by Gasteiger charge is 2.28. The van der Waals surface area contributed by atoms with Gasteiger partial charge in [-0.15, -0.1) is 5.10 Å². The van der Waals surface area contributed by atoms with Crippen LogP contribution in [0.25, 0.3) is 0 Å². The molecule has 0 aliphatic carbocycles. The largest absolute Gasteiger partial charge is 0.368 e. The van der Waals surface area contributed by atoms with Crippen molar-refractivity contribution in [2.24, 2.45) is 0 Å². The van der Waals surface area contributed by atoms with Gasteiger partial charge in [0, 0.05) is 32.4 Å². The molecule has 0 saturated carbocycles. The van der Waals surface area contributed by atoms with Gasteiger partial charge in [-0.3, -0.25) is 4.79 Å². The highest BCUT2D eigenvalue weighted by atomic mass is 32.1. The van der Waals surface area contributed by atoms with E-state index in [1.165, 1.54) is 23.7 Å². The van der Waals surface area contributed by atoms with Gasteiger partial charge in [0.2, 0.25) is 5.91 Å². The number of benzene rings is 1.